The van der Waals surface area contributed by atoms with Crippen LogP contribution in [0.4, 0.5) is 0 Å². The van der Waals surface area contributed by atoms with Crippen molar-refractivity contribution in [1.82, 2.24) is 19.6 Å². The zero-order valence-electron chi connectivity index (χ0n) is 25.2. The minimum Gasteiger partial charge on any atom is -0.358 e. The molecule has 4 rings (SSSR count). The van der Waals surface area contributed by atoms with Crippen LogP contribution in [-0.4, -0.2) is 27.6 Å². The van der Waals surface area contributed by atoms with Crippen LogP contribution < -0.4 is 10.6 Å². The van der Waals surface area contributed by atoms with E-state index in [2.05, 4.69) is 116 Å². The second kappa shape index (κ2) is 13.0. The van der Waals surface area contributed by atoms with E-state index in [1.807, 2.05) is 21.5 Å². The summed E-state index contributed by atoms with van der Waals surface area (Å²) >= 11 is 0. The molecule has 0 bridgehead atoms. The summed E-state index contributed by atoms with van der Waals surface area (Å²) in [5.74, 6) is 0. The molecule has 4 nitrogen and oxygen atoms in total. The molecule has 2 aromatic heterocycles. The summed E-state index contributed by atoms with van der Waals surface area (Å²) in [6.07, 6.45) is 8.45. The van der Waals surface area contributed by atoms with Crippen molar-refractivity contribution in [1.29, 1.82) is 0 Å². The van der Waals surface area contributed by atoms with Gasteiger partial charge in [-0.2, -0.15) is 58.7 Å². The summed E-state index contributed by atoms with van der Waals surface area (Å²) in [6, 6.07) is 23.7. The number of para-hydroxylation sites is 2. The molecule has 0 saturated heterocycles. The average molecular weight is 721 g/mol. The molecule has 0 N–H and O–H groups in total. The summed E-state index contributed by atoms with van der Waals surface area (Å²) in [6.45, 7) is 18.4. The number of nitrogens with zero attached hydrogens (tertiary/aromatic N) is 4. The van der Waals surface area contributed by atoms with Crippen LogP contribution in [0.15, 0.2) is 60.9 Å². The number of benzene rings is 2. The fraction of sp³-hybridized carbons (Fsp3) is 0.424. The van der Waals surface area contributed by atoms with E-state index in [9.17, 15) is 0 Å². The van der Waals surface area contributed by atoms with Crippen LogP contribution in [0.3, 0.4) is 0 Å². The first-order valence-electron chi connectivity index (χ1n) is 13.5. The smallest absolute Gasteiger partial charge is 0.163 e. The Bertz CT molecular complexity index is 1240. The maximum atomic E-state index is 5.08. The molecule has 39 heavy (non-hydrogen) atoms. The van der Waals surface area contributed by atoms with Gasteiger partial charge in [-0.3, -0.25) is 9.36 Å². The van der Waals surface area contributed by atoms with Gasteiger partial charge in [0.05, 0.1) is 10.6 Å². The van der Waals surface area contributed by atoms with Gasteiger partial charge in [-0.05, 0) is 34.3 Å². The summed E-state index contributed by atoms with van der Waals surface area (Å²) in [7, 11) is -2.10. The van der Waals surface area contributed by atoms with Gasteiger partial charge >= 0.3 is 0 Å². The molecule has 0 aliphatic heterocycles. The van der Waals surface area contributed by atoms with E-state index in [0.717, 1.165) is 47.7 Å². The Morgan fingerprint density at radius 3 is 1.44 bits per heavy atom. The molecule has 214 valence electrons. The van der Waals surface area contributed by atoms with Crippen molar-refractivity contribution in [3.05, 3.63) is 91.6 Å². The molecular weight excluding hydrogens is 676 g/mol. The molecule has 0 atom stereocenters. The first-order valence-corrected chi connectivity index (χ1v) is 16.5. The van der Waals surface area contributed by atoms with Crippen LogP contribution in [-0.2, 0) is 33.9 Å². The average Bonchev–Trinajstić information content (AvgIpc) is 3.52. The van der Waals surface area contributed by atoms with E-state index in [4.69, 9.17) is 10.2 Å². The van der Waals surface area contributed by atoms with Crippen molar-refractivity contribution in [3.63, 3.8) is 0 Å². The minimum absolute atomic E-state index is 0. The first kappa shape index (κ1) is 33.0. The SMILES string of the molecule is CC(C)(C)CCc1ccc[c-]c1-n1ccc([Si](C)(C)c2ccn(-c3[c-]cccc3CCC(C)(C)C)n2)n1.[CH3-].[Pt]. The number of hydrogen-bond acceptors (Lipinski definition) is 2. The molecule has 0 spiro atoms. The molecule has 0 aliphatic rings. The Morgan fingerprint density at radius 1 is 0.692 bits per heavy atom. The van der Waals surface area contributed by atoms with Crippen LogP contribution in [0.2, 0.25) is 13.1 Å². The van der Waals surface area contributed by atoms with Gasteiger partial charge in [0.1, 0.15) is 0 Å². The first-order chi connectivity index (χ1) is 17.3. The molecule has 0 radical (unpaired) electrons. The zero-order valence-corrected chi connectivity index (χ0v) is 28.5. The minimum atomic E-state index is -2.10. The van der Waals surface area contributed by atoms with Crippen molar-refractivity contribution in [2.24, 2.45) is 10.8 Å². The van der Waals surface area contributed by atoms with Crippen molar-refractivity contribution < 1.29 is 21.1 Å². The third kappa shape index (κ3) is 8.38. The maximum absolute atomic E-state index is 5.08. The van der Waals surface area contributed by atoms with E-state index in [-0.39, 0.29) is 28.5 Å². The molecular formula is C33H45N4PtSi-3. The number of rotatable bonds is 8. The quantitative estimate of drug-likeness (QED) is 0.147. The van der Waals surface area contributed by atoms with E-state index >= 15 is 0 Å². The van der Waals surface area contributed by atoms with E-state index in [1.54, 1.807) is 0 Å². The van der Waals surface area contributed by atoms with E-state index in [0.29, 0.717) is 10.8 Å². The van der Waals surface area contributed by atoms with Gasteiger partial charge in [-0.25, -0.2) is 0 Å². The number of hydrogen-bond donors (Lipinski definition) is 0. The second-order valence-corrected chi connectivity index (χ2v) is 17.4. The van der Waals surface area contributed by atoms with Crippen molar-refractivity contribution >= 4 is 18.7 Å². The molecule has 0 fully saturated rings. The molecule has 0 amide bonds. The third-order valence-electron chi connectivity index (χ3n) is 7.04. The predicted octanol–water partition coefficient (Wildman–Crippen LogP) is 6.89. The van der Waals surface area contributed by atoms with Crippen LogP contribution in [0, 0.1) is 30.4 Å². The maximum Gasteiger partial charge on any atom is 0.163 e. The Hall–Kier alpha value is -2.23. The van der Waals surface area contributed by atoms with Crippen LogP contribution >= 0.6 is 0 Å². The van der Waals surface area contributed by atoms with Gasteiger partial charge in [-0.1, -0.05) is 80.3 Å². The van der Waals surface area contributed by atoms with Crippen LogP contribution in [0.25, 0.3) is 11.4 Å². The van der Waals surface area contributed by atoms with Crippen LogP contribution in [0.1, 0.15) is 65.5 Å². The van der Waals surface area contributed by atoms with Gasteiger partial charge in [0.15, 0.2) is 8.07 Å². The van der Waals surface area contributed by atoms with Crippen molar-refractivity contribution in [2.45, 2.75) is 80.3 Å². The fourth-order valence-corrected chi connectivity index (χ4v) is 6.43. The molecule has 0 saturated carbocycles. The summed E-state index contributed by atoms with van der Waals surface area (Å²) in [5, 5.41) is 12.4. The Balaban J connectivity index is 0.00000267. The fourth-order valence-electron chi connectivity index (χ4n) is 4.47. The standard InChI is InChI=1S/C32H42N4Si.CH3.Pt/c1-31(2,3)21-17-25-13-9-11-15-27(25)35-23-19-29(33-35)37(7,8)30-20-24-36(34-30)28-16-12-10-14-26(28)18-22-32(4,5)6;;/h9-14,19-20,23-24H,17-18,21-22H2,1-8H3;1H3;/q-2;-1;. The number of aromatic nitrogens is 4. The summed E-state index contributed by atoms with van der Waals surface area (Å²) in [5.41, 5.74) is 5.26. The largest absolute Gasteiger partial charge is 0.358 e. The van der Waals surface area contributed by atoms with E-state index < -0.39 is 8.07 Å². The Kier molecular flexibility index (Phi) is 11.0. The normalized spacial score (nSPS) is 12.1. The van der Waals surface area contributed by atoms with Gasteiger partial charge < -0.3 is 7.43 Å². The summed E-state index contributed by atoms with van der Waals surface area (Å²) < 4.78 is 4.02. The second-order valence-electron chi connectivity index (χ2n) is 13.1. The van der Waals surface area contributed by atoms with Gasteiger partial charge in [0.2, 0.25) is 0 Å². The molecule has 4 aromatic rings. The van der Waals surface area contributed by atoms with E-state index in [1.165, 1.54) is 11.1 Å². The molecule has 2 aromatic carbocycles. The third-order valence-corrected chi connectivity index (χ3v) is 10.1. The predicted molar refractivity (Wildman–Crippen MR) is 164 cm³/mol. The monoisotopic (exact) mass is 720 g/mol. The Labute approximate surface area is 252 Å². The van der Waals surface area contributed by atoms with Gasteiger partial charge in [-0.15, -0.1) is 11.1 Å². The van der Waals surface area contributed by atoms with Crippen molar-refractivity contribution in [2.75, 3.05) is 0 Å². The molecule has 2 heterocycles. The summed E-state index contributed by atoms with van der Waals surface area (Å²) in [4.78, 5) is 0. The zero-order chi connectivity index (χ0) is 26.8. The van der Waals surface area contributed by atoms with Gasteiger partial charge in [0, 0.05) is 33.5 Å². The molecule has 6 heteroatoms. The topological polar surface area (TPSA) is 35.6 Å². The molecule has 0 aliphatic carbocycles. The molecule has 0 unspecified atom stereocenters. The number of aryl methyl sites for hydroxylation is 2. The van der Waals surface area contributed by atoms with Crippen molar-refractivity contribution in [3.8, 4) is 11.4 Å². The van der Waals surface area contributed by atoms with Gasteiger partial charge in [0.25, 0.3) is 0 Å². The Morgan fingerprint density at radius 2 is 1.08 bits per heavy atom. The van der Waals surface area contributed by atoms with Crippen LogP contribution in [0.5, 0.6) is 0 Å².